The van der Waals surface area contributed by atoms with E-state index in [1.165, 1.54) is 0 Å². The Kier molecular flexibility index (Phi) is 3.92. The summed E-state index contributed by atoms with van der Waals surface area (Å²) in [6.07, 6.45) is -3.33. The van der Waals surface area contributed by atoms with E-state index >= 15 is 0 Å². The van der Waals surface area contributed by atoms with Gasteiger partial charge in [0, 0.05) is 12.8 Å². The monoisotopic (exact) mass is 209 g/mol. The van der Waals surface area contributed by atoms with Gasteiger partial charge in [0.05, 0.1) is 6.04 Å². The minimum Gasteiger partial charge on any atom is -0.307 e. The molecule has 1 saturated heterocycles. The van der Waals surface area contributed by atoms with E-state index in [-0.39, 0.29) is 24.7 Å². The topological polar surface area (TPSA) is 29.1 Å². The van der Waals surface area contributed by atoms with Crippen molar-refractivity contribution in [3.05, 3.63) is 0 Å². The van der Waals surface area contributed by atoms with Crippen molar-refractivity contribution >= 4 is 5.78 Å². The second-order valence-corrected chi connectivity index (χ2v) is 3.58. The average Bonchev–Trinajstić information content (AvgIpc) is 2.53. The van der Waals surface area contributed by atoms with Gasteiger partial charge in [0.25, 0.3) is 0 Å². The Morgan fingerprint density at radius 2 is 2.14 bits per heavy atom. The summed E-state index contributed by atoms with van der Waals surface area (Å²) in [7, 11) is 0. The summed E-state index contributed by atoms with van der Waals surface area (Å²) in [5.74, 6) is -0.0771. The number of carbonyl (C=O) groups is 1. The molecule has 2 nitrogen and oxygen atoms in total. The van der Waals surface area contributed by atoms with Gasteiger partial charge in [-0.2, -0.15) is 13.2 Å². The molecule has 0 aromatic rings. The van der Waals surface area contributed by atoms with Crippen molar-refractivity contribution < 1.29 is 18.0 Å². The lowest BCUT2D eigenvalue weighted by Crippen LogP contribution is -2.30. The van der Waals surface area contributed by atoms with Crippen LogP contribution in [0, 0.1) is 0 Å². The normalized spacial score (nSPS) is 22.6. The summed E-state index contributed by atoms with van der Waals surface area (Å²) in [6.45, 7) is 0.801. The molecule has 5 heteroatoms. The number of Topliss-reactive ketones (excluding diaryl/α,β-unsaturated/α-hetero) is 1. The molecule has 0 saturated carbocycles. The zero-order valence-corrected chi connectivity index (χ0v) is 7.86. The molecule has 1 atom stereocenters. The van der Waals surface area contributed by atoms with Crippen molar-refractivity contribution in [3.8, 4) is 0 Å². The van der Waals surface area contributed by atoms with Crippen LogP contribution in [0.3, 0.4) is 0 Å². The minimum absolute atomic E-state index is 0.0389. The average molecular weight is 209 g/mol. The van der Waals surface area contributed by atoms with Crippen LogP contribution in [0.25, 0.3) is 0 Å². The SMILES string of the molecule is O=C(CCCC(F)(F)F)C1CCCN1. The zero-order valence-electron chi connectivity index (χ0n) is 7.86. The van der Waals surface area contributed by atoms with Crippen molar-refractivity contribution in [3.63, 3.8) is 0 Å². The molecular weight excluding hydrogens is 195 g/mol. The molecule has 0 spiro atoms. The second-order valence-electron chi connectivity index (χ2n) is 3.58. The highest BCUT2D eigenvalue weighted by molar-refractivity contribution is 5.84. The van der Waals surface area contributed by atoms with Crippen molar-refractivity contribution in [2.75, 3.05) is 6.54 Å². The number of hydrogen-bond acceptors (Lipinski definition) is 2. The Morgan fingerprint density at radius 1 is 1.43 bits per heavy atom. The van der Waals surface area contributed by atoms with Gasteiger partial charge in [-0.1, -0.05) is 0 Å². The van der Waals surface area contributed by atoms with Crippen LogP contribution in [-0.4, -0.2) is 24.5 Å². The second kappa shape index (κ2) is 4.77. The summed E-state index contributed by atoms with van der Waals surface area (Å²) < 4.78 is 35.3. The number of rotatable bonds is 4. The Hall–Kier alpha value is -0.580. The Morgan fingerprint density at radius 3 is 2.64 bits per heavy atom. The first kappa shape index (κ1) is 11.5. The van der Waals surface area contributed by atoms with Gasteiger partial charge < -0.3 is 5.32 Å². The van der Waals surface area contributed by atoms with Gasteiger partial charge >= 0.3 is 6.18 Å². The number of hydrogen-bond donors (Lipinski definition) is 1. The predicted octanol–water partition coefficient (Wildman–Crippen LogP) is 2.04. The quantitative estimate of drug-likeness (QED) is 0.767. The molecule has 0 aromatic carbocycles. The van der Waals surface area contributed by atoms with Crippen LogP contribution < -0.4 is 5.32 Å². The molecular formula is C9H14F3NO. The van der Waals surface area contributed by atoms with Gasteiger partial charge in [-0.15, -0.1) is 0 Å². The van der Waals surface area contributed by atoms with Gasteiger partial charge in [-0.05, 0) is 25.8 Å². The highest BCUT2D eigenvalue weighted by Crippen LogP contribution is 2.22. The molecule has 1 aliphatic heterocycles. The molecule has 0 amide bonds. The van der Waals surface area contributed by atoms with Crippen LogP contribution in [0.2, 0.25) is 0 Å². The standard InChI is InChI=1S/C9H14F3NO/c10-9(11,12)5-1-4-8(14)7-3-2-6-13-7/h7,13H,1-6H2. The number of ketones is 1. The van der Waals surface area contributed by atoms with Gasteiger partial charge in [0.15, 0.2) is 0 Å². The molecule has 0 radical (unpaired) electrons. The fourth-order valence-electron chi connectivity index (χ4n) is 1.60. The minimum atomic E-state index is -4.14. The summed E-state index contributed by atoms with van der Waals surface area (Å²) in [4.78, 5) is 11.3. The van der Waals surface area contributed by atoms with Crippen molar-refractivity contribution in [1.82, 2.24) is 5.32 Å². The molecule has 1 unspecified atom stereocenters. The zero-order chi connectivity index (χ0) is 10.6. The van der Waals surface area contributed by atoms with Crippen LogP contribution in [0.5, 0.6) is 0 Å². The van der Waals surface area contributed by atoms with E-state index in [0.29, 0.717) is 0 Å². The maximum Gasteiger partial charge on any atom is 0.389 e. The lowest BCUT2D eigenvalue weighted by molar-refractivity contribution is -0.137. The van der Waals surface area contributed by atoms with Crippen LogP contribution in [0.15, 0.2) is 0 Å². The predicted molar refractivity (Wildman–Crippen MR) is 45.9 cm³/mol. The molecule has 0 bridgehead atoms. The Balaban J connectivity index is 2.15. The first-order chi connectivity index (χ1) is 6.49. The molecule has 0 aliphatic carbocycles. The van der Waals surface area contributed by atoms with E-state index in [4.69, 9.17) is 0 Å². The van der Waals surface area contributed by atoms with Crippen LogP contribution in [0.1, 0.15) is 32.1 Å². The molecule has 1 aliphatic rings. The summed E-state index contributed by atoms with van der Waals surface area (Å²) in [5.41, 5.74) is 0. The fourth-order valence-corrected chi connectivity index (χ4v) is 1.60. The van der Waals surface area contributed by atoms with Gasteiger partial charge in [0.1, 0.15) is 5.78 Å². The number of carbonyl (C=O) groups excluding carboxylic acids is 1. The van der Waals surface area contributed by atoms with E-state index in [9.17, 15) is 18.0 Å². The third-order valence-corrected chi connectivity index (χ3v) is 2.33. The Labute approximate surface area is 80.9 Å². The smallest absolute Gasteiger partial charge is 0.307 e. The number of nitrogens with one attached hydrogen (secondary N) is 1. The first-order valence-corrected chi connectivity index (χ1v) is 4.82. The van der Waals surface area contributed by atoms with Crippen LogP contribution >= 0.6 is 0 Å². The fraction of sp³-hybridized carbons (Fsp3) is 0.889. The third-order valence-electron chi connectivity index (χ3n) is 2.33. The number of halogens is 3. The lowest BCUT2D eigenvalue weighted by Gasteiger charge is -2.09. The molecule has 1 rings (SSSR count). The van der Waals surface area contributed by atoms with E-state index in [0.717, 1.165) is 19.4 Å². The molecule has 82 valence electrons. The van der Waals surface area contributed by atoms with Crippen LogP contribution in [-0.2, 0) is 4.79 Å². The maximum atomic E-state index is 11.8. The summed E-state index contributed by atoms with van der Waals surface area (Å²) >= 11 is 0. The number of alkyl halides is 3. The van der Waals surface area contributed by atoms with Gasteiger partial charge in [0.2, 0.25) is 0 Å². The molecule has 1 fully saturated rings. The third kappa shape index (κ3) is 4.09. The van der Waals surface area contributed by atoms with Crippen molar-refractivity contribution in [1.29, 1.82) is 0 Å². The molecule has 1 heterocycles. The molecule has 0 aromatic heterocycles. The van der Waals surface area contributed by atoms with E-state index in [1.54, 1.807) is 0 Å². The Bertz CT molecular complexity index is 197. The highest BCUT2D eigenvalue weighted by Gasteiger charge is 2.28. The van der Waals surface area contributed by atoms with Gasteiger partial charge in [-0.3, -0.25) is 4.79 Å². The van der Waals surface area contributed by atoms with Crippen molar-refractivity contribution in [2.24, 2.45) is 0 Å². The molecule has 14 heavy (non-hydrogen) atoms. The largest absolute Gasteiger partial charge is 0.389 e. The molecule has 1 N–H and O–H groups in total. The maximum absolute atomic E-state index is 11.8. The van der Waals surface area contributed by atoms with Crippen LogP contribution in [0.4, 0.5) is 13.2 Å². The summed E-state index contributed by atoms with van der Waals surface area (Å²) in [6, 6.07) is -0.191. The van der Waals surface area contributed by atoms with Crippen molar-refractivity contribution in [2.45, 2.75) is 44.3 Å². The van der Waals surface area contributed by atoms with Gasteiger partial charge in [-0.25, -0.2) is 0 Å². The summed E-state index contributed by atoms with van der Waals surface area (Å²) in [5, 5.41) is 2.97. The highest BCUT2D eigenvalue weighted by atomic mass is 19.4. The van der Waals surface area contributed by atoms with E-state index in [2.05, 4.69) is 5.32 Å². The van der Waals surface area contributed by atoms with E-state index in [1.807, 2.05) is 0 Å². The first-order valence-electron chi connectivity index (χ1n) is 4.82. The lowest BCUT2D eigenvalue weighted by atomic mass is 10.1. The van der Waals surface area contributed by atoms with E-state index < -0.39 is 12.6 Å².